The summed E-state index contributed by atoms with van der Waals surface area (Å²) in [5.74, 6) is 0. The van der Waals surface area contributed by atoms with Crippen LogP contribution in [0.25, 0.3) is 0 Å². The molecule has 0 saturated heterocycles. The van der Waals surface area contributed by atoms with Crippen molar-refractivity contribution in [3.05, 3.63) is 71.8 Å². The summed E-state index contributed by atoms with van der Waals surface area (Å²) < 4.78 is 0. The van der Waals surface area contributed by atoms with Crippen molar-refractivity contribution < 1.29 is 0 Å². The summed E-state index contributed by atoms with van der Waals surface area (Å²) in [6.07, 6.45) is 3.51. The zero-order valence-corrected chi connectivity index (χ0v) is 11.5. The lowest BCUT2D eigenvalue weighted by atomic mass is 10.1. The van der Waals surface area contributed by atoms with Gasteiger partial charge in [0.1, 0.15) is 0 Å². The molecule has 0 fully saturated rings. The molecular weight excluding hydrogens is 232 g/mol. The second-order valence-electron chi connectivity index (χ2n) is 4.42. The minimum Gasteiger partial charge on any atom is -0.330 e. The van der Waals surface area contributed by atoms with Gasteiger partial charge in [-0.2, -0.15) is 0 Å². The maximum absolute atomic E-state index is 5.39. The topological polar surface area (TPSA) is 52.0 Å². The Balaban J connectivity index is 0.000000200. The van der Waals surface area contributed by atoms with Gasteiger partial charge < -0.3 is 11.5 Å². The van der Waals surface area contributed by atoms with Gasteiger partial charge in [0, 0.05) is 6.54 Å². The largest absolute Gasteiger partial charge is 0.330 e. The summed E-state index contributed by atoms with van der Waals surface area (Å²) in [6.45, 7) is 1.45. The predicted octanol–water partition coefficient (Wildman–Crippen LogP) is 3.11. The van der Waals surface area contributed by atoms with Crippen LogP contribution in [0, 0.1) is 0 Å². The molecule has 0 aliphatic carbocycles. The van der Waals surface area contributed by atoms with Gasteiger partial charge in [0.2, 0.25) is 0 Å². The van der Waals surface area contributed by atoms with Crippen molar-refractivity contribution in [3.8, 4) is 0 Å². The van der Waals surface area contributed by atoms with Crippen molar-refractivity contribution in [2.45, 2.75) is 25.8 Å². The van der Waals surface area contributed by atoms with E-state index < -0.39 is 0 Å². The third-order valence-corrected chi connectivity index (χ3v) is 2.84. The number of nitrogens with two attached hydrogens (primary N) is 2. The van der Waals surface area contributed by atoms with Crippen LogP contribution < -0.4 is 11.5 Å². The highest BCUT2D eigenvalue weighted by molar-refractivity contribution is 5.14. The monoisotopic (exact) mass is 256 g/mol. The minimum atomic E-state index is 0.640. The first-order valence-electron chi connectivity index (χ1n) is 6.84. The van der Waals surface area contributed by atoms with Gasteiger partial charge in [-0.25, -0.2) is 0 Å². The number of aryl methyl sites for hydroxylation is 1. The molecule has 2 rings (SSSR count). The highest BCUT2D eigenvalue weighted by Gasteiger charge is 1.89. The average molecular weight is 256 g/mol. The lowest BCUT2D eigenvalue weighted by Crippen LogP contribution is -1.98. The van der Waals surface area contributed by atoms with Crippen LogP contribution in [-0.4, -0.2) is 6.54 Å². The molecule has 2 heteroatoms. The molecule has 0 aliphatic heterocycles. The molecule has 2 aromatic rings. The van der Waals surface area contributed by atoms with Crippen LogP contribution in [0.4, 0.5) is 0 Å². The van der Waals surface area contributed by atoms with E-state index in [2.05, 4.69) is 24.3 Å². The predicted molar refractivity (Wildman–Crippen MR) is 82.8 cm³/mol. The van der Waals surface area contributed by atoms with Crippen molar-refractivity contribution in [3.63, 3.8) is 0 Å². The molecule has 0 spiro atoms. The Bertz CT molecular complexity index is 412. The van der Waals surface area contributed by atoms with E-state index in [1.807, 2.05) is 36.4 Å². The highest BCUT2D eigenvalue weighted by atomic mass is 14.5. The van der Waals surface area contributed by atoms with E-state index in [9.17, 15) is 0 Å². The van der Waals surface area contributed by atoms with Gasteiger partial charge in [0.25, 0.3) is 0 Å². The van der Waals surface area contributed by atoms with E-state index in [4.69, 9.17) is 11.5 Å². The van der Waals surface area contributed by atoms with Gasteiger partial charge in [-0.05, 0) is 36.9 Å². The lowest BCUT2D eigenvalue weighted by molar-refractivity contribution is 0.745. The second kappa shape index (κ2) is 10.3. The Morgan fingerprint density at radius 1 is 0.632 bits per heavy atom. The average Bonchev–Trinajstić information content (AvgIpc) is 2.50. The van der Waals surface area contributed by atoms with Crippen LogP contribution >= 0.6 is 0 Å². The van der Waals surface area contributed by atoms with E-state index in [1.54, 1.807) is 0 Å². The van der Waals surface area contributed by atoms with Crippen molar-refractivity contribution in [1.29, 1.82) is 0 Å². The molecule has 0 aliphatic rings. The summed E-state index contributed by atoms with van der Waals surface area (Å²) in [5, 5.41) is 0. The normalized spacial score (nSPS) is 9.58. The number of benzene rings is 2. The van der Waals surface area contributed by atoms with E-state index in [0.717, 1.165) is 19.4 Å². The van der Waals surface area contributed by atoms with Gasteiger partial charge in [-0.1, -0.05) is 60.7 Å². The fourth-order valence-electron chi connectivity index (χ4n) is 1.73. The smallest absolute Gasteiger partial charge is 0.0178 e. The van der Waals surface area contributed by atoms with Crippen LogP contribution in [0.15, 0.2) is 60.7 Å². The van der Waals surface area contributed by atoms with E-state index >= 15 is 0 Å². The summed E-state index contributed by atoms with van der Waals surface area (Å²) in [6, 6.07) is 20.5. The number of rotatable bonds is 5. The maximum atomic E-state index is 5.39. The molecule has 0 atom stereocenters. The highest BCUT2D eigenvalue weighted by Crippen LogP contribution is 2.03. The molecule has 102 valence electrons. The molecule has 0 aromatic heterocycles. The Morgan fingerprint density at radius 3 is 1.58 bits per heavy atom. The molecule has 4 N–H and O–H groups in total. The van der Waals surface area contributed by atoms with Crippen LogP contribution in [0.5, 0.6) is 0 Å². The Kier molecular flexibility index (Phi) is 8.36. The zero-order chi connectivity index (χ0) is 13.8. The first-order valence-corrected chi connectivity index (χ1v) is 6.84. The van der Waals surface area contributed by atoms with Crippen molar-refractivity contribution in [2.24, 2.45) is 11.5 Å². The van der Waals surface area contributed by atoms with E-state index in [-0.39, 0.29) is 0 Å². The van der Waals surface area contributed by atoms with Crippen molar-refractivity contribution >= 4 is 0 Å². The Labute approximate surface area is 116 Å². The molecule has 0 heterocycles. The molecule has 19 heavy (non-hydrogen) atoms. The molecule has 2 nitrogen and oxygen atoms in total. The Hall–Kier alpha value is -1.64. The third kappa shape index (κ3) is 7.39. The Morgan fingerprint density at radius 2 is 1.16 bits per heavy atom. The van der Waals surface area contributed by atoms with E-state index in [1.165, 1.54) is 17.5 Å². The third-order valence-electron chi connectivity index (χ3n) is 2.84. The molecule has 0 saturated carbocycles. The van der Waals surface area contributed by atoms with Gasteiger partial charge in [0.15, 0.2) is 0 Å². The van der Waals surface area contributed by atoms with Crippen LogP contribution in [0.2, 0.25) is 0 Å². The molecular formula is C17H24N2. The van der Waals surface area contributed by atoms with Gasteiger partial charge in [-0.15, -0.1) is 0 Å². The van der Waals surface area contributed by atoms with Crippen molar-refractivity contribution in [2.75, 3.05) is 6.54 Å². The van der Waals surface area contributed by atoms with Crippen LogP contribution in [-0.2, 0) is 13.0 Å². The summed E-state index contributed by atoms with van der Waals surface area (Å²) >= 11 is 0. The van der Waals surface area contributed by atoms with Crippen molar-refractivity contribution in [1.82, 2.24) is 0 Å². The first kappa shape index (κ1) is 15.4. The lowest BCUT2D eigenvalue weighted by Gasteiger charge is -1.98. The zero-order valence-electron chi connectivity index (χ0n) is 11.5. The fourth-order valence-corrected chi connectivity index (χ4v) is 1.73. The van der Waals surface area contributed by atoms with Crippen LogP contribution in [0.1, 0.15) is 24.0 Å². The standard InChI is InChI=1S/C10H15N.C7H9N/c11-9-5-4-8-10-6-2-1-3-7-10;8-6-7-4-2-1-3-5-7/h1-3,6-7H,4-5,8-9,11H2;1-5H,6,8H2. The minimum absolute atomic E-state index is 0.640. The number of unbranched alkanes of at least 4 members (excludes halogenated alkanes) is 1. The number of hydrogen-bond donors (Lipinski definition) is 2. The summed E-state index contributed by atoms with van der Waals surface area (Å²) in [4.78, 5) is 0. The molecule has 0 radical (unpaired) electrons. The summed E-state index contributed by atoms with van der Waals surface area (Å²) in [7, 11) is 0. The maximum Gasteiger partial charge on any atom is 0.0178 e. The molecule has 0 unspecified atom stereocenters. The molecule has 0 amide bonds. The fraction of sp³-hybridized carbons (Fsp3) is 0.294. The molecule has 0 bridgehead atoms. The first-order chi connectivity index (χ1) is 9.36. The van der Waals surface area contributed by atoms with Crippen LogP contribution in [0.3, 0.4) is 0 Å². The van der Waals surface area contributed by atoms with Gasteiger partial charge in [0.05, 0.1) is 0 Å². The second-order valence-corrected chi connectivity index (χ2v) is 4.42. The van der Waals surface area contributed by atoms with E-state index in [0.29, 0.717) is 6.54 Å². The quantitative estimate of drug-likeness (QED) is 0.808. The van der Waals surface area contributed by atoms with Gasteiger partial charge >= 0.3 is 0 Å². The number of hydrogen-bond acceptors (Lipinski definition) is 2. The summed E-state index contributed by atoms with van der Waals surface area (Å²) in [5.41, 5.74) is 13.3. The molecule has 2 aromatic carbocycles. The SMILES string of the molecule is NCCCCc1ccccc1.NCc1ccccc1. The van der Waals surface area contributed by atoms with Gasteiger partial charge in [-0.3, -0.25) is 0 Å².